The molecule has 1 rings (SSSR count). The molecular weight excluding hydrogens is 212 g/mol. The number of hydrogen-bond acceptors (Lipinski definition) is 4. The fourth-order valence-corrected chi connectivity index (χ4v) is 1.51. The van der Waals surface area contributed by atoms with Crippen LogP contribution in [0.25, 0.3) is 0 Å². The Kier molecular flexibility index (Phi) is 5.71. The Morgan fingerprint density at radius 1 is 1.41 bits per heavy atom. The number of nitrogens with one attached hydrogen (secondary N) is 1. The standard InChI is InChI=1S/C13H16N4/c1-11(13-6-2-3-8-16-13)17-10-12(9-15)5-4-7-14/h2-3,6,8,11-12,17H,4-5,10H2,1H3/t11-,12+/m1/s1. The van der Waals surface area contributed by atoms with E-state index < -0.39 is 0 Å². The van der Waals surface area contributed by atoms with E-state index in [0.717, 1.165) is 5.69 Å². The highest BCUT2D eigenvalue weighted by Crippen LogP contribution is 2.10. The average molecular weight is 228 g/mol. The largest absolute Gasteiger partial charge is 0.308 e. The molecule has 0 aliphatic heterocycles. The monoisotopic (exact) mass is 228 g/mol. The summed E-state index contributed by atoms with van der Waals surface area (Å²) in [7, 11) is 0. The number of aromatic nitrogens is 1. The first-order valence-corrected chi connectivity index (χ1v) is 5.68. The van der Waals surface area contributed by atoms with Crippen molar-refractivity contribution < 1.29 is 0 Å². The van der Waals surface area contributed by atoms with E-state index in [9.17, 15) is 0 Å². The third kappa shape index (κ3) is 4.63. The molecule has 1 aromatic heterocycles. The first-order valence-electron chi connectivity index (χ1n) is 5.68. The van der Waals surface area contributed by atoms with Gasteiger partial charge in [-0.2, -0.15) is 10.5 Å². The Bertz CT molecular complexity index is 402. The molecule has 88 valence electrons. The Balaban J connectivity index is 2.40. The summed E-state index contributed by atoms with van der Waals surface area (Å²) in [6.45, 7) is 2.61. The van der Waals surface area contributed by atoms with Crippen LogP contribution in [-0.4, -0.2) is 11.5 Å². The number of hydrogen-bond donors (Lipinski definition) is 1. The number of nitrogens with zero attached hydrogens (tertiary/aromatic N) is 3. The maximum atomic E-state index is 8.92. The maximum absolute atomic E-state index is 8.92. The normalized spacial score (nSPS) is 13.4. The van der Waals surface area contributed by atoms with Gasteiger partial charge in [-0.05, 0) is 25.5 Å². The van der Waals surface area contributed by atoms with Gasteiger partial charge in [0.05, 0.1) is 23.8 Å². The van der Waals surface area contributed by atoms with E-state index in [-0.39, 0.29) is 12.0 Å². The molecule has 0 saturated heterocycles. The molecule has 0 spiro atoms. The topological polar surface area (TPSA) is 72.5 Å². The van der Waals surface area contributed by atoms with Crippen LogP contribution in [0.3, 0.4) is 0 Å². The van der Waals surface area contributed by atoms with E-state index in [0.29, 0.717) is 19.4 Å². The van der Waals surface area contributed by atoms with Gasteiger partial charge in [-0.1, -0.05) is 6.07 Å². The molecule has 4 heteroatoms. The van der Waals surface area contributed by atoms with Crippen molar-refractivity contribution in [1.29, 1.82) is 10.5 Å². The first-order chi connectivity index (χ1) is 8.27. The van der Waals surface area contributed by atoms with Crippen molar-refractivity contribution >= 4 is 0 Å². The molecule has 0 aliphatic rings. The Hall–Kier alpha value is -1.91. The second kappa shape index (κ2) is 7.38. The minimum Gasteiger partial charge on any atom is -0.308 e. The molecule has 0 fully saturated rings. The molecule has 0 amide bonds. The molecular formula is C13H16N4. The van der Waals surface area contributed by atoms with Gasteiger partial charge >= 0.3 is 0 Å². The van der Waals surface area contributed by atoms with Gasteiger partial charge in [0.25, 0.3) is 0 Å². The van der Waals surface area contributed by atoms with Crippen LogP contribution in [0.2, 0.25) is 0 Å². The van der Waals surface area contributed by atoms with Crippen LogP contribution in [0, 0.1) is 28.6 Å². The molecule has 17 heavy (non-hydrogen) atoms. The van der Waals surface area contributed by atoms with E-state index in [4.69, 9.17) is 10.5 Å². The van der Waals surface area contributed by atoms with Crippen LogP contribution in [0.4, 0.5) is 0 Å². The van der Waals surface area contributed by atoms with Gasteiger partial charge in [0, 0.05) is 25.2 Å². The highest BCUT2D eigenvalue weighted by atomic mass is 14.9. The van der Waals surface area contributed by atoms with Crippen LogP contribution in [0.5, 0.6) is 0 Å². The number of pyridine rings is 1. The summed E-state index contributed by atoms with van der Waals surface area (Å²) in [6, 6.07) is 10.2. The smallest absolute Gasteiger partial charge is 0.0669 e. The molecule has 1 aromatic rings. The molecule has 0 aliphatic carbocycles. The minimum absolute atomic E-state index is 0.110. The highest BCUT2D eigenvalue weighted by molar-refractivity contribution is 5.07. The lowest BCUT2D eigenvalue weighted by Crippen LogP contribution is -2.25. The van der Waals surface area contributed by atoms with Gasteiger partial charge in [0.2, 0.25) is 0 Å². The van der Waals surface area contributed by atoms with Crippen molar-refractivity contribution in [2.75, 3.05) is 6.54 Å². The number of nitriles is 2. The maximum Gasteiger partial charge on any atom is 0.0669 e. The molecule has 0 bridgehead atoms. The molecule has 0 radical (unpaired) electrons. The fraction of sp³-hybridized carbons (Fsp3) is 0.462. The Morgan fingerprint density at radius 2 is 2.24 bits per heavy atom. The van der Waals surface area contributed by atoms with E-state index in [1.165, 1.54) is 0 Å². The molecule has 0 saturated carbocycles. The van der Waals surface area contributed by atoms with Crippen molar-refractivity contribution in [3.05, 3.63) is 30.1 Å². The van der Waals surface area contributed by atoms with Crippen molar-refractivity contribution in [1.82, 2.24) is 10.3 Å². The highest BCUT2D eigenvalue weighted by Gasteiger charge is 2.10. The fourth-order valence-electron chi connectivity index (χ4n) is 1.51. The van der Waals surface area contributed by atoms with Crippen molar-refractivity contribution in [3.8, 4) is 12.1 Å². The van der Waals surface area contributed by atoms with Crippen molar-refractivity contribution in [2.24, 2.45) is 5.92 Å². The first kappa shape index (κ1) is 13.2. The number of rotatable bonds is 6. The predicted molar refractivity (Wildman–Crippen MR) is 64.6 cm³/mol. The van der Waals surface area contributed by atoms with Crippen LogP contribution >= 0.6 is 0 Å². The summed E-state index contributed by atoms with van der Waals surface area (Å²) in [5, 5.41) is 20.7. The van der Waals surface area contributed by atoms with E-state index in [1.807, 2.05) is 25.1 Å². The summed E-state index contributed by atoms with van der Waals surface area (Å²) in [4.78, 5) is 4.25. The van der Waals surface area contributed by atoms with Crippen LogP contribution in [-0.2, 0) is 0 Å². The second-order valence-electron chi connectivity index (χ2n) is 3.91. The zero-order valence-electron chi connectivity index (χ0n) is 9.93. The average Bonchev–Trinajstić information content (AvgIpc) is 2.39. The lowest BCUT2D eigenvalue weighted by atomic mass is 10.0. The summed E-state index contributed by atoms with van der Waals surface area (Å²) in [5.74, 6) is -0.110. The summed E-state index contributed by atoms with van der Waals surface area (Å²) in [6.07, 6.45) is 2.80. The lowest BCUT2D eigenvalue weighted by Gasteiger charge is -2.15. The molecule has 1 N–H and O–H groups in total. The van der Waals surface area contributed by atoms with Crippen molar-refractivity contribution in [3.63, 3.8) is 0 Å². The van der Waals surface area contributed by atoms with Crippen LogP contribution in [0.1, 0.15) is 31.5 Å². The van der Waals surface area contributed by atoms with Gasteiger partial charge in [-0.25, -0.2) is 0 Å². The quantitative estimate of drug-likeness (QED) is 0.809. The zero-order chi connectivity index (χ0) is 12.5. The van der Waals surface area contributed by atoms with Crippen LogP contribution < -0.4 is 5.32 Å². The van der Waals surface area contributed by atoms with Gasteiger partial charge in [-0.15, -0.1) is 0 Å². The molecule has 0 unspecified atom stereocenters. The zero-order valence-corrected chi connectivity index (χ0v) is 9.93. The van der Waals surface area contributed by atoms with E-state index >= 15 is 0 Å². The van der Waals surface area contributed by atoms with Crippen LogP contribution in [0.15, 0.2) is 24.4 Å². The third-order valence-corrected chi connectivity index (χ3v) is 2.59. The van der Waals surface area contributed by atoms with Gasteiger partial charge in [-0.3, -0.25) is 4.98 Å². The van der Waals surface area contributed by atoms with Crippen molar-refractivity contribution in [2.45, 2.75) is 25.8 Å². The van der Waals surface area contributed by atoms with E-state index in [1.54, 1.807) is 6.20 Å². The minimum atomic E-state index is -0.110. The summed E-state index contributed by atoms with van der Waals surface area (Å²) in [5.41, 5.74) is 0.962. The summed E-state index contributed by atoms with van der Waals surface area (Å²) < 4.78 is 0. The molecule has 1 heterocycles. The SMILES string of the molecule is C[C@@H](NC[C@H](C#N)CCC#N)c1ccccn1. The van der Waals surface area contributed by atoms with Gasteiger partial charge < -0.3 is 5.32 Å². The second-order valence-corrected chi connectivity index (χ2v) is 3.91. The Labute approximate surface area is 102 Å². The molecule has 0 aromatic carbocycles. The Morgan fingerprint density at radius 3 is 2.82 bits per heavy atom. The lowest BCUT2D eigenvalue weighted by molar-refractivity contribution is 0.484. The van der Waals surface area contributed by atoms with Gasteiger partial charge in [0.15, 0.2) is 0 Å². The molecule has 2 atom stereocenters. The third-order valence-electron chi connectivity index (χ3n) is 2.59. The summed E-state index contributed by atoms with van der Waals surface area (Å²) >= 11 is 0. The van der Waals surface area contributed by atoms with Gasteiger partial charge in [0.1, 0.15) is 0 Å². The predicted octanol–water partition coefficient (Wildman–Crippen LogP) is 2.18. The van der Waals surface area contributed by atoms with E-state index in [2.05, 4.69) is 22.4 Å². The molecule has 4 nitrogen and oxygen atoms in total.